The lowest BCUT2D eigenvalue weighted by molar-refractivity contribution is -0.134. The van der Waals surface area contributed by atoms with Crippen LogP contribution < -0.4 is 5.73 Å². The predicted molar refractivity (Wildman–Crippen MR) is 74.9 cm³/mol. The lowest BCUT2D eigenvalue weighted by atomic mass is 9.86. The molecule has 0 radical (unpaired) electrons. The Morgan fingerprint density at radius 3 is 2.42 bits per heavy atom. The normalized spacial score (nSPS) is 12.6. The molecule has 1 amide bonds. The zero-order valence-electron chi connectivity index (χ0n) is 11.8. The summed E-state index contributed by atoms with van der Waals surface area (Å²) in [5, 5.41) is 8.86. The highest BCUT2D eigenvalue weighted by Crippen LogP contribution is 2.19. The zero-order valence-corrected chi connectivity index (χ0v) is 11.8. The van der Waals surface area contributed by atoms with E-state index in [1.165, 1.54) is 4.90 Å². The third kappa shape index (κ3) is 4.38. The fraction of sp³-hybridized carbons (Fsp3) is 0.467. The van der Waals surface area contributed by atoms with E-state index >= 15 is 0 Å². The summed E-state index contributed by atoms with van der Waals surface area (Å²) in [4.78, 5) is 13.8. The summed E-state index contributed by atoms with van der Waals surface area (Å²) in [6.07, 6.45) is 0. The topological polar surface area (TPSA) is 70.1 Å². The molecule has 0 aliphatic carbocycles. The van der Waals surface area contributed by atoms with Crippen molar-refractivity contribution in [2.75, 3.05) is 6.54 Å². The molecule has 4 nitrogen and oxygen atoms in total. The Balaban J connectivity index is 2.84. The quantitative estimate of drug-likeness (QED) is 0.840. The van der Waals surface area contributed by atoms with Crippen molar-refractivity contribution in [3.8, 4) is 6.07 Å². The number of carbonyl (C=O) groups is 1. The number of hydrogen-bond donors (Lipinski definition) is 1. The van der Waals surface area contributed by atoms with Crippen molar-refractivity contribution < 1.29 is 4.79 Å². The summed E-state index contributed by atoms with van der Waals surface area (Å²) in [6, 6.07) is 11.0. The molecule has 4 heteroatoms. The van der Waals surface area contributed by atoms with E-state index in [-0.39, 0.29) is 17.9 Å². The van der Waals surface area contributed by atoms with Crippen molar-refractivity contribution >= 4 is 5.91 Å². The Kier molecular flexibility index (Phi) is 5.08. The standard InChI is InChI=1S/C15H21N3O/c1-15(2,3)13(17)14(19)18(10-9-16)11-12-7-5-4-6-8-12/h4-8,13H,10-11,17H2,1-3H3/t13-/m1/s1. The van der Waals surface area contributed by atoms with Gasteiger partial charge in [-0.2, -0.15) is 5.26 Å². The Morgan fingerprint density at radius 1 is 1.37 bits per heavy atom. The lowest BCUT2D eigenvalue weighted by Crippen LogP contribution is -2.50. The first-order valence-corrected chi connectivity index (χ1v) is 6.31. The highest BCUT2D eigenvalue weighted by molar-refractivity contribution is 5.82. The first-order valence-electron chi connectivity index (χ1n) is 6.31. The van der Waals surface area contributed by atoms with Gasteiger partial charge in [-0.05, 0) is 11.0 Å². The molecule has 0 heterocycles. The van der Waals surface area contributed by atoms with Crippen LogP contribution in [0.15, 0.2) is 30.3 Å². The van der Waals surface area contributed by atoms with Crippen molar-refractivity contribution in [1.82, 2.24) is 4.90 Å². The van der Waals surface area contributed by atoms with E-state index in [0.717, 1.165) is 5.56 Å². The molecule has 0 saturated heterocycles. The van der Waals surface area contributed by atoms with Crippen LogP contribution in [-0.2, 0) is 11.3 Å². The van der Waals surface area contributed by atoms with Gasteiger partial charge in [0.15, 0.2) is 0 Å². The second kappa shape index (κ2) is 6.35. The molecule has 0 fully saturated rings. The molecule has 1 rings (SSSR count). The Morgan fingerprint density at radius 2 is 1.95 bits per heavy atom. The minimum absolute atomic E-state index is 0.0531. The highest BCUT2D eigenvalue weighted by Gasteiger charge is 2.30. The average Bonchev–Trinajstić information content (AvgIpc) is 2.36. The average molecular weight is 259 g/mol. The summed E-state index contributed by atoms with van der Waals surface area (Å²) < 4.78 is 0. The molecule has 1 aromatic rings. The molecule has 2 N–H and O–H groups in total. The van der Waals surface area contributed by atoms with Crippen LogP contribution in [0.4, 0.5) is 0 Å². The fourth-order valence-electron chi connectivity index (χ4n) is 1.67. The number of hydrogen-bond acceptors (Lipinski definition) is 3. The molecule has 102 valence electrons. The maximum Gasteiger partial charge on any atom is 0.241 e. The first-order chi connectivity index (χ1) is 8.86. The number of nitrogens with two attached hydrogens (primary N) is 1. The van der Waals surface area contributed by atoms with Gasteiger partial charge in [0.05, 0.1) is 12.1 Å². The number of amides is 1. The Labute approximate surface area is 114 Å². The van der Waals surface area contributed by atoms with Crippen LogP contribution in [0.3, 0.4) is 0 Å². The molecule has 0 spiro atoms. The predicted octanol–water partition coefficient (Wildman–Crippen LogP) is 1.91. The number of nitrogens with zero attached hydrogens (tertiary/aromatic N) is 2. The van der Waals surface area contributed by atoms with Gasteiger partial charge < -0.3 is 10.6 Å². The van der Waals surface area contributed by atoms with Gasteiger partial charge in [0.25, 0.3) is 0 Å². The van der Waals surface area contributed by atoms with Crippen LogP contribution in [0.2, 0.25) is 0 Å². The van der Waals surface area contributed by atoms with Gasteiger partial charge in [-0.25, -0.2) is 0 Å². The smallest absolute Gasteiger partial charge is 0.241 e. The van der Waals surface area contributed by atoms with E-state index in [9.17, 15) is 4.79 Å². The highest BCUT2D eigenvalue weighted by atomic mass is 16.2. The monoisotopic (exact) mass is 259 g/mol. The maximum absolute atomic E-state index is 12.3. The molecule has 0 aromatic heterocycles. The molecular weight excluding hydrogens is 238 g/mol. The van der Waals surface area contributed by atoms with Crippen molar-refractivity contribution in [3.05, 3.63) is 35.9 Å². The zero-order chi connectivity index (χ0) is 14.5. The largest absolute Gasteiger partial charge is 0.324 e. The molecule has 0 bridgehead atoms. The van der Waals surface area contributed by atoms with Crippen LogP contribution in [0.1, 0.15) is 26.3 Å². The van der Waals surface area contributed by atoms with E-state index in [1.807, 2.05) is 57.2 Å². The van der Waals surface area contributed by atoms with Gasteiger partial charge in [0.1, 0.15) is 6.54 Å². The van der Waals surface area contributed by atoms with E-state index in [2.05, 4.69) is 0 Å². The minimum Gasteiger partial charge on any atom is -0.324 e. The van der Waals surface area contributed by atoms with Gasteiger partial charge in [0.2, 0.25) is 5.91 Å². The van der Waals surface area contributed by atoms with Gasteiger partial charge in [-0.3, -0.25) is 4.79 Å². The molecule has 0 aliphatic rings. The third-order valence-corrected chi connectivity index (χ3v) is 2.99. The molecule has 0 unspecified atom stereocenters. The molecule has 0 saturated carbocycles. The third-order valence-electron chi connectivity index (χ3n) is 2.99. The van der Waals surface area contributed by atoms with E-state index in [1.54, 1.807) is 0 Å². The Hall–Kier alpha value is -1.86. The molecule has 19 heavy (non-hydrogen) atoms. The molecule has 0 aliphatic heterocycles. The van der Waals surface area contributed by atoms with Crippen LogP contribution >= 0.6 is 0 Å². The van der Waals surface area contributed by atoms with E-state index < -0.39 is 6.04 Å². The second-order valence-electron chi connectivity index (χ2n) is 5.68. The number of nitriles is 1. The first kappa shape index (κ1) is 15.2. The van der Waals surface area contributed by atoms with Gasteiger partial charge in [-0.1, -0.05) is 51.1 Å². The van der Waals surface area contributed by atoms with E-state index in [0.29, 0.717) is 6.54 Å². The Bertz CT molecular complexity index is 457. The van der Waals surface area contributed by atoms with Crippen molar-refractivity contribution in [3.63, 3.8) is 0 Å². The number of carbonyl (C=O) groups excluding carboxylic acids is 1. The SMILES string of the molecule is CC(C)(C)[C@H](N)C(=O)N(CC#N)Cc1ccccc1. The molecular formula is C15H21N3O. The van der Waals surface area contributed by atoms with Crippen LogP contribution in [-0.4, -0.2) is 23.4 Å². The van der Waals surface area contributed by atoms with Gasteiger partial charge in [-0.15, -0.1) is 0 Å². The summed E-state index contributed by atoms with van der Waals surface area (Å²) in [5.74, 6) is -0.182. The van der Waals surface area contributed by atoms with E-state index in [4.69, 9.17) is 11.0 Å². The summed E-state index contributed by atoms with van der Waals surface area (Å²) in [7, 11) is 0. The van der Waals surface area contributed by atoms with Gasteiger partial charge >= 0.3 is 0 Å². The molecule has 1 atom stereocenters. The number of benzene rings is 1. The van der Waals surface area contributed by atoms with Crippen molar-refractivity contribution in [2.24, 2.45) is 11.1 Å². The molecule has 1 aromatic carbocycles. The maximum atomic E-state index is 12.3. The summed E-state index contributed by atoms with van der Waals surface area (Å²) >= 11 is 0. The summed E-state index contributed by atoms with van der Waals surface area (Å²) in [6.45, 7) is 6.22. The fourth-order valence-corrected chi connectivity index (χ4v) is 1.67. The van der Waals surface area contributed by atoms with Crippen molar-refractivity contribution in [1.29, 1.82) is 5.26 Å². The number of rotatable bonds is 4. The van der Waals surface area contributed by atoms with Crippen LogP contribution in [0, 0.1) is 16.7 Å². The van der Waals surface area contributed by atoms with Crippen molar-refractivity contribution in [2.45, 2.75) is 33.4 Å². The summed E-state index contributed by atoms with van der Waals surface area (Å²) in [5.41, 5.74) is 6.65. The van der Waals surface area contributed by atoms with Crippen LogP contribution in [0.25, 0.3) is 0 Å². The van der Waals surface area contributed by atoms with Crippen LogP contribution in [0.5, 0.6) is 0 Å². The minimum atomic E-state index is -0.607. The van der Waals surface area contributed by atoms with Gasteiger partial charge in [0, 0.05) is 6.54 Å². The lowest BCUT2D eigenvalue weighted by Gasteiger charge is -2.31. The second-order valence-corrected chi connectivity index (χ2v) is 5.68.